The molecule has 1 heterocycles. The molecule has 0 fully saturated rings. The van der Waals surface area contributed by atoms with Crippen molar-refractivity contribution in [2.24, 2.45) is 13.0 Å². The van der Waals surface area contributed by atoms with Crippen LogP contribution in [0, 0.1) is 12.8 Å². The predicted octanol–water partition coefficient (Wildman–Crippen LogP) is 0.969. The van der Waals surface area contributed by atoms with E-state index in [1.807, 2.05) is 32.6 Å². The van der Waals surface area contributed by atoms with E-state index in [-0.39, 0.29) is 11.9 Å². The molecule has 96 valence electrons. The SMILES string of the molecule is COC(=O)C(C)CN(C)Cc1cc(C)nn1C. The van der Waals surface area contributed by atoms with Gasteiger partial charge in [0, 0.05) is 20.1 Å². The first-order valence-electron chi connectivity index (χ1n) is 5.70. The van der Waals surface area contributed by atoms with Crippen LogP contribution in [0.2, 0.25) is 0 Å². The highest BCUT2D eigenvalue weighted by atomic mass is 16.5. The molecule has 0 aliphatic rings. The molecule has 0 amide bonds. The Bertz CT molecular complexity index is 387. The standard InChI is InChI=1S/C12H21N3O2/c1-9(12(16)17-5)7-14(3)8-11-6-10(2)13-15(11)4/h6,9H,7-8H2,1-5H3. The Kier molecular flexibility index (Phi) is 4.69. The summed E-state index contributed by atoms with van der Waals surface area (Å²) in [6.07, 6.45) is 0. The van der Waals surface area contributed by atoms with Crippen molar-refractivity contribution in [1.82, 2.24) is 14.7 Å². The largest absolute Gasteiger partial charge is 0.469 e. The number of hydrogen-bond acceptors (Lipinski definition) is 4. The van der Waals surface area contributed by atoms with Crippen molar-refractivity contribution < 1.29 is 9.53 Å². The molecule has 1 rings (SSSR count). The third-order valence-electron chi connectivity index (χ3n) is 2.72. The lowest BCUT2D eigenvalue weighted by molar-refractivity contribution is -0.145. The zero-order chi connectivity index (χ0) is 13.0. The van der Waals surface area contributed by atoms with Gasteiger partial charge in [-0.15, -0.1) is 0 Å². The number of esters is 1. The van der Waals surface area contributed by atoms with Crippen LogP contribution >= 0.6 is 0 Å². The molecule has 17 heavy (non-hydrogen) atoms. The lowest BCUT2D eigenvalue weighted by Crippen LogP contribution is -2.29. The minimum atomic E-state index is -0.168. The highest BCUT2D eigenvalue weighted by molar-refractivity contribution is 5.72. The van der Waals surface area contributed by atoms with Crippen LogP contribution in [-0.2, 0) is 23.1 Å². The van der Waals surface area contributed by atoms with Gasteiger partial charge in [0.2, 0.25) is 0 Å². The molecule has 0 saturated heterocycles. The molecule has 1 aromatic heterocycles. The topological polar surface area (TPSA) is 47.4 Å². The van der Waals surface area contributed by atoms with Gasteiger partial charge in [-0.2, -0.15) is 5.10 Å². The van der Waals surface area contributed by atoms with Crippen LogP contribution in [0.3, 0.4) is 0 Å². The minimum absolute atomic E-state index is 0.112. The van der Waals surface area contributed by atoms with E-state index in [1.165, 1.54) is 7.11 Å². The molecule has 0 spiro atoms. The van der Waals surface area contributed by atoms with Gasteiger partial charge in [0.1, 0.15) is 0 Å². The first-order chi connectivity index (χ1) is 7.93. The number of aryl methyl sites for hydroxylation is 2. The number of aromatic nitrogens is 2. The Morgan fingerprint density at radius 2 is 2.29 bits per heavy atom. The van der Waals surface area contributed by atoms with Crippen molar-refractivity contribution >= 4 is 5.97 Å². The van der Waals surface area contributed by atoms with Crippen LogP contribution in [0.15, 0.2) is 6.07 Å². The van der Waals surface area contributed by atoms with E-state index in [4.69, 9.17) is 4.74 Å². The second-order valence-corrected chi connectivity index (χ2v) is 4.52. The molecule has 0 aromatic carbocycles. The Labute approximate surface area is 102 Å². The molecule has 0 aliphatic heterocycles. The maximum absolute atomic E-state index is 11.3. The van der Waals surface area contributed by atoms with Crippen molar-refractivity contribution in [3.63, 3.8) is 0 Å². The predicted molar refractivity (Wildman–Crippen MR) is 65.5 cm³/mol. The molecule has 0 aliphatic carbocycles. The highest BCUT2D eigenvalue weighted by Crippen LogP contribution is 2.07. The first-order valence-corrected chi connectivity index (χ1v) is 5.70. The molecule has 5 nitrogen and oxygen atoms in total. The van der Waals surface area contributed by atoms with Crippen molar-refractivity contribution in [3.05, 3.63) is 17.5 Å². The minimum Gasteiger partial charge on any atom is -0.469 e. The van der Waals surface area contributed by atoms with Crippen LogP contribution in [-0.4, -0.2) is 41.4 Å². The van der Waals surface area contributed by atoms with Crippen molar-refractivity contribution in [1.29, 1.82) is 0 Å². The number of hydrogen-bond donors (Lipinski definition) is 0. The number of nitrogens with zero attached hydrogens (tertiary/aromatic N) is 3. The van der Waals surface area contributed by atoms with Crippen LogP contribution in [0.4, 0.5) is 0 Å². The van der Waals surface area contributed by atoms with Gasteiger partial charge >= 0.3 is 5.97 Å². The maximum atomic E-state index is 11.3. The molecule has 5 heteroatoms. The van der Waals surface area contributed by atoms with Crippen molar-refractivity contribution in [3.8, 4) is 0 Å². The molecule has 0 saturated carbocycles. The first kappa shape index (κ1) is 13.7. The molecule has 0 radical (unpaired) electrons. The van der Waals surface area contributed by atoms with E-state index in [9.17, 15) is 4.79 Å². The van der Waals surface area contributed by atoms with Gasteiger partial charge in [0.05, 0.1) is 24.4 Å². The van der Waals surface area contributed by atoms with Crippen LogP contribution in [0.5, 0.6) is 0 Å². The zero-order valence-corrected chi connectivity index (χ0v) is 11.2. The summed E-state index contributed by atoms with van der Waals surface area (Å²) in [6, 6.07) is 2.05. The van der Waals surface area contributed by atoms with E-state index in [2.05, 4.69) is 16.1 Å². The van der Waals surface area contributed by atoms with Gasteiger partial charge in [-0.25, -0.2) is 0 Å². The Morgan fingerprint density at radius 3 is 2.76 bits per heavy atom. The summed E-state index contributed by atoms with van der Waals surface area (Å²) in [6.45, 7) is 5.30. The Balaban J connectivity index is 2.52. The summed E-state index contributed by atoms with van der Waals surface area (Å²) in [5, 5.41) is 4.29. The quantitative estimate of drug-likeness (QED) is 0.718. The summed E-state index contributed by atoms with van der Waals surface area (Å²) >= 11 is 0. The maximum Gasteiger partial charge on any atom is 0.309 e. The number of rotatable bonds is 5. The van der Waals surface area contributed by atoms with Crippen molar-refractivity contribution in [2.75, 3.05) is 20.7 Å². The summed E-state index contributed by atoms with van der Waals surface area (Å²) < 4.78 is 6.58. The lowest BCUT2D eigenvalue weighted by Gasteiger charge is -2.19. The fourth-order valence-corrected chi connectivity index (χ4v) is 1.90. The molecule has 0 N–H and O–H groups in total. The normalized spacial score (nSPS) is 12.8. The van der Waals surface area contributed by atoms with Crippen LogP contribution in [0.1, 0.15) is 18.3 Å². The number of ether oxygens (including phenoxy) is 1. The van der Waals surface area contributed by atoms with Gasteiger partial charge in [0.25, 0.3) is 0 Å². The van der Waals surface area contributed by atoms with Crippen molar-refractivity contribution in [2.45, 2.75) is 20.4 Å². The molecule has 1 aromatic rings. The highest BCUT2D eigenvalue weighted by Gasteiger charge is 2.16. The fraction of sp³-hybridized carbons (Fsp3) is 0.667. The Morgan fingerprint density at radius 1 is 1.65 bits per heavy atom. The second kappa shape index (κ2) is 5.82. The summed E-state index contributed by atoms with van der Waals surface area (Å²) in [4.78, 5) is 13.4. The van der Waals surface area contributed by atoms with Gasteiger partial charge in [-0.1, -0.05) is 6.92 Å². The van der Waals surface area contributed by atoms with Gasteiger partial charge in [-0.3, -0.25) is 14.4 Å². The van der Waals surface area contributed by atoms with Crippen LogP contribution < -0.4 is 0 Å². The average Bonchev–Trinajstić information content (AvgIpc) is 2.55. The molecular formula is C12H21N3O2. The van der Waals surface area contributed by atoms with Gasteiger partial charge in [-0.05, 0) is 20.0 Å². The smallest absolute Gasteiger partial charge is 0.309 e. The number of methoxy groups -OCH3 is 1. The fourth-order valence-electron chi connectivity index (χ4n) is 1.90. The van der Waals surface area contributed by atoms with Gasteiger partial charge in [0.15, 0.2) is 0 Å². The van der Waals surface area contributed by atoms with E-state index in [0.717, 1.165) is 17.9 Å². The summed E-state index contributed by atoms with van der Waals surface area (Å²) in [5.74, 6) is -0.280. The van der Waals surface area contributed by atoms with E-state index < -0.39 is 0 Å². The third-order valence-corrected chi connectivity index (χ3v) is 2.72. The van der Waals surface area contributed by atoms with E-state index >= 15 is 0 Å². The summed E-state index contributed by atoms with van der Waals surface area (Å²) in [7, 11) is 5.34. The monoisotopic (exact) mass is 239 g/mol. The molecule has 0 bridgehead atoms. The van der Waals surface area contributed by atoms with Crippen LogP contribution in [0.25, 0.3) is 0 Å². The molecule has 1 unspecified atom stereocenters. The second-order valence-electron chi connectivity index (χ2n) is 4.52. The lowest BCUT2D eigenvalue weighted by atomic mass is 10.1. The molecular weight excluding hydrogens is 218 g/mol. The molecule has 1 atom stereocenters. The summed E-state index contributed by atoms with van der Waals surface area (Å²) in [5.41, 5.74) is 2.15. The van der Waals surface area contributed by atoms with Gasteiger partial charge < -0.3 is 4.74 Å². The zero-order valence-electron chi connectivity index (χ0n) is 11.2. The third kappa shape index (κ3) is 3.85. The number of carbonyl (C=O) groups excluding carboxylic acids is 1. The Hall–Kier alpha value is -1.36. The number of carbonyl (C=O) groups is 1. The van der Waals surface area contributed by atoms with E-state index in [1.54, 1.807) is 0 Å². The van der Waals surface area contributed by atoms with E-state index in [0.29, 0.717) is 6.54 Å². The average molecular weight is 239 g/mol.